The topological polar surface area (TPSA) is 65.5 Å². The summed E-state index contributed by atoms with van der Waals surface area (Å²) in [7, 11) is 0. The minimum atomic E-state index is -0.530. The number of likely N-dealkylation sites (tertiary alicyclic amines) is 1. The van der Waals surface area contributed by atoms with Crippen molar-refractivity contribution in [2.45, 2.75) is 38.7 Å². The molecule has 1 aliphatic rings. The zero-order valence-electron chi connectivity index (χ0n) is 14.1. The molecule has 2 N–H and O–H groups in total. The Bertz CT molecular complexity index is 693. The number of carbonyl (C=O) groups excluding carboxylic acids is 1. The fraction of sp³-hybridized carbons (Fsp3) is 0.556. The standard InChI is InChI=1S/C18H25N3O2S/c1-13-20-16-10-14(6-7-17(16)24-13)18(23)19-11-15(22)12-21-8-4-2-3-5-9-21/h6-7,10,15,22H,2-5,8-9,11-12H2,1H3,(H,19,23). The molecule has 1 aliphatic heterocycles. The van der Waals surface area contributed by atoms with Gasteiger partial charge in [0, 0.05) is 18.7 Å². The average Bonchev–Trinajstić information content (AvgIpc) is 2.75. The van der Waals surface area contributed by atoms with Crippen LogP contribution in [0.3, 0.4) is 0 Å². The minimum absolute atomic E-state index is 0.155. The molecule has 0 aliphatic carbocycles. The Balaban J connectivity index is 1.51. The van der Waals surface area contributed by atoms with Gasteiger partial charge in [0.1, 0.15) is 0 Å². The van der Waals surface area contributed by atoms with E-state index in [4.69, 9.17) is 0 Å². The van der Waals surface area contributed by atoms with Crippen molar-refractivity contribution in [3.8, 4) is 0 Å². The number of nitrogens with one attached hydrogen (secondary N) is 1. The predicted octanol–water partition coefficient (Wildman–Crippen LogP) is 2.57. The Labute approximate surface area is 146 Å². The quantitative estimate of drug-likeness (QED) is 0.872. The van der Waals surface area contributed by atoms with Crippen LogP contribution in [0.4, 0.5) is 0 Å². The van der Waals surface area contributed by atoms with Crippen LogP contribution in [0.5, 0.6) is 0 Å². The van der Waals surface area contributed by atoms with Crippen molar-refractivity contribution in [1.29, 1.82) is 0 Å². The van der Waals surface area contributed by atoms with Gasteiger partial charge in [0.2, 0.25) is 0 Å². The zero-order chi connectivity index (χ0) is 16.9. The van der Waals surface area contributed by atoms with E-state index in [0.29, 0.717) is 12.1 Å². The van der Waals surface area contributed by atoms with Crippen LogP contribution in [0.2, 0.25) is 0 Å². The molecule has 1 atom stereocenters. The summed E-state index contributed by atoms with van der Waals surface area (Å²) < 4.78 is 1.09. The SMILES string of the molecule is Cc1nc2cc(C(=O)NCC(O)CN3CCCCCC3)ccc2s1. The van der Waals surface area contributed by atoms with Gasteiger partial charge in [-0.25, -0.2) is 4.98 Å². The lowest BCUT2D eigenvalue weighted by molar-refractivity contribution is 0.0862. The number of hydrogen-bond donors (Lipinski definition) is 2. The summed E-state index contributed by atoms with van der Waals surface area (Å²) in [6.45, 7) is 4.97. The molecule has 2 heterocycles. The first-order valence-electron chi connectivity index (χ1n) is 8.67. The molecule has 0 radical (unpaired) electrons. The lowest BCUT2D eigenvalue weighted by Crippen LogP contribution is -2.40. The molecule has 2 aromatic rings. The van der Waals surface area contributed by atoms with E-state index in [1.54, 1.807) is 11.3 Å². The number of aliphatic hydroxyl groups is 1. The molecule has 1 aromatic heterocycles. The highest BCUT2D eigenvalue weighted by Gasteiger charge is 2.15. The highest BCUT2D eigenvalue weighted by molar-refractivity contribution is 7.18. The number of thiazole rings is 1. The highest BCUT2D eigenvalue weighted by atomic mass is 32.1. The van der Waals surface area contributed by atoms with Gasteiger partial charge in [0.15, 0.2) is 0 Å². The molecule has 0 bridgehead atoms. The van der Waals surface area contributed by atoms with E-state index in [9.17, 15) is 9.90 Å². The number of amides is 1. The predicted molar refractivity (Wildman–Crippen MR) is 97.6 cm³/mol. The van der Waals surface area contributed by atoms with Gasteiger partial charge in [0.05, 0.1) is 21.3 Å². The molecule has 1 unspecified atom stereocenters. The van der Waals surface area contributed by atoms with Crippen molar-refractivity contribution in [1.82, 2.24) is 15.2 Å². The first-order chi connectivity index (χ1) is 11.6. The summed E-state index contributed by atoms with van der Waals surface area (Å²) in [4.78, 5) is 19.0. The monoisotopic (exact) mass is 347 g/mol. The van der Waals surface area contributed by atoms with E-state index < -0.39 is 6.10 Å². The van der Waals surface area contributed by atoms with E-state index in [1.165, 1.54) is 25.7 Å². The smallest absolute Gasteiger partial charge is 0.251 e. The van der Waals surface area contributed by atoms with Gasteiger partial charge in [-0.05, 0) is 51.1 Å². The van der Waals surface area contributed by atoms with Crippen molar-refractivity contribution < 1.29 is 9.90 Å². The van der Waals surface area contributed by atoms with E-state index in [2.05, 4.69) is 15.2 Å². The van der Waals surface area contributed by atoms with Crippen LogP contribution in [0.25, 0.3) is 10.2 Å². The molecule has 1 amide bonds. The molecule has 0 spiro atoms. The number of rotatable bonds is 5. The van der Waals surface area contributed by atoms with Crippen molar-refractivity contribution in [3.05, 3.63) is 28.8 Å². The summed E-state index contributed by atoms with van der Waals surface area (Å²) in [6, 6.07) is 5.56. The second-order valence-electron chi connectivity index (χ2n) is 6.49. The number of β-amino-alcohol motifs (C(OH)–C–C–N with tert-alkyl or cyclic N) is 1. The largest absolute Gasteiger partial charge is 0.390 e. The number of benzene rings is 1. The number of aliphatic hydroxyl groups excluding tert-OH is 1. The van der Waals surface area contributed by atoms with Crippen LogP contribution in [0.1, 0.15) is 41.0 Å². The van der Waals surface area contributed by atoms with Gasteiger partial charge in [-0.3, -0.25) is 4.79 Å². The van der Waals surface area contributed by atoms with E-state index in [-0.39, 0.29) is 12.5 Å². The summed E-state index contributed by atoms with van der Waals surface area (Å²) in [6.07, 6.45) is 4.43. The van der Waals surface area contributed by atoms with Crippen LogP contribution >= 0.6 is 11.3 Å². The highest BCUT2D eigenvalue weighted by Crippen LogP contribution is 2.22. The summed E-state index contributed by atoms with van der Waals surface area (Å²) in [5.41, 5.74) is 1.45. The summed E-state index contributed by atoms with van der Waals surface area (Å²) >= 11 is 1.62. The lowest BCUT2D eigenvalue weighted by atomic mass is 10.2. The van der Waals surface area contributed by atoms with Gasteiger partial charge in [-0.2, -0.15) is 0 Å². The molecule has 1 aromatic carbocycles. The maximum atomic E-state index is 12.3. The van der Waals surface area contributed by atoms with Crippen LogP contribution < -0.4 is 5.32 Å². The fourth-order valence-corrected chi connectivity index (χ4v) is 3.99. The van der Waals surface area contributed by atoms with Crippen LogP contribution in [-0.2, 0) is 0 Å². The number of hydrogen-bond acceptors (Lipinski definition) is 5. The molecule has 130 valence electrons. The number of aromatic nitrogens is 1. The molecule has 24 heavy (non-hydrogen) atoms. The van der Waals surface area contributed by atoms with Gasteiger partial charge in [-0.15, -0.1) is 11.3 Å². The molecular weight excluding hydrogens is 322 g/mol. The van der Waals surface area contributed by atoms with Crippen molar-refractivity contribution >= 4 is 27.5 Å². The van der Waals surface area contributed by atoms with Gasteiger partial charge in [-0.1, -0.05) is 12.8 Å². The number of fused-ring (bicyclic) bond motifs is 1. The normalized spacial score (nSPS) is 17.6. The van der Waals surface area contributed by atoms with Crippen LogP contribution in [0, 0.1) is 6.92 Å². The van der Waals surface area contributed by atoms with Gasteiger partial charge in [0.25, 0.3) is 5.91 Å². The molecule has 3 rings (SSSR count). The molecule has 5 nitrogen and oxygen atoms in total. The maximum absolute atomic E-state index is 12.3. The second kappa shape index (κ2) is 8.05. The first kappa shape index (κ1) is 17.3. The third kappa shape index (κ3) is 4.53. The van der Waals surface area contributed by atoms with Gasteiger partial charge < -0.3 is 15.3 Å². The number of nitrogens with zero attached hydrogens (tertiary/aromatic N) is 2. The van der Waals surface area contributed by atoms with E-state index in [0.717, 1.165) is 28.3 Å². The third-order valence-electron chi connectivity index (χ3n) is 4.42. The Morgan fingerprint density at radius 1 is 1.33 bits per heavy atom. The first-order valence-corrected chi connectivity index (χ1v) is 9.49. The number of carbonyl (C=O) groups is 1. The molecule has 1 fully saturated rings. The third-order valence-corrected chi connectivity index (χ3v) is 5.37. The lowest BCUT2D eigenvalue weighted by Gasteiger charge is -2.23. The Hall–Kier alpha value is -1.50. The summed E-state index contributed by atoms with van der Waals surface area (Å²) in [5, 5.41) is 14.0. The Kier molecular flexibility index (Phi) is 5.81. The van der Waals surface area contributed by atoms with Crippen molar-refractivity contribution in [3.63, 3.8) is 0 Å². The molecule has 0 saturated carbocycles. The Morgan fingerprint density at radius 3 is 2.83 bits per heavy atom. The van der Waals surface area contributed by atoms with E-state index in [1.807, 2.05) is 25.1 Å². The fourth-order valence-electron chi connectivity index (χ4n) is 3.18. The maximum Gasteiger partial charge on any atom is 0.251 e. The summed E-state index contributed by atoms with van der Waals surface area (Å²) in [5.74, 6) is -0.155. The van der Waals surface area contributed by atoms with E-state index >= 15 is 0 Å². The van der Waals surface area contributed by atoms with Crippen LogP contribution in [-0.4, -0.2) is 53.2 Å². The molecule has 1 saturated heterocycles. The average molecular weight is 347 g/mol. The minimum Gasteiger partial charge on any atom is -0.390 e. The van der Waals surface area contributed by atoms with Crippen LogP contribution in [0.15, 0.2) is 18.2 Å². The molecular formula is C18H25N3O2S. The Morgan fingerprint density at radius 2 is 2.08 bits per heavy atom. The van der Waals surface area contributed by atoms with Crippen molar-refractivity contribution in [2.75, 3.05) is 26.2 Å². The van der Waals surface area contributed by atoms with Gasteiger partial charge >= 0.3 is 0 Å². The van der Waals surface area contributed by atoms with Crippen molar-refractivity contribution in [2.24, 2.45) is 0 Å². The molecule has 6 heteroatoms. The second-order valence-corrected chi connectivity index (χ2v) is 7.73. The number of aryl methyl sites for hydroxylation is 1. The zero-order valence-corrected chi connectivity index (χ0v) is 14.9.